The Bertz CT molecular complexity index is 581. The zero-order valence-corrected chi connectivity index (χ0v) is 17.4. The van der Waals surface area contributed by atoms with Crippen molar-refractivity contribution in [2.75, 3.05) is 19.8 Å². The van der Waals surface area contributed by atoms with Gasteiger partial charge in [0.05, 0.1) is 16.8 Å². The molecule has 25 heavy (non-hydrogen) atoms. The first-order chi connectivity index (χ1) is 12.0. The lowest BCUT2D eigenvalue weighted by atomic mass is 10.0. The first kappa shape index (κ1) is 21.6. The summed E-state index contributed by atoms with van der Waals surface area (Å²) >= 11 is 3.67. The molecule has 0 amide bonds. The summed E-state index contributed by atoms with van der Waals surface area (Å²) in [5.74, 6) is 1.83. The zero-order valence-electron chi connectivity index (χ0n) is 15.9. The Morgan fingerprint density at radius 1 is 1.16 bits per heavy atom. The van der Waals surface area contributed by atoms with Crippen molar-refractivity contribution in [2.24, 2.45) is 5.16 Å². The predicted octanol–water partition coefficient (Wildman–Crippen LogP) is 5.71. The Kier molecular flexibility index (Phi) is 10.3. The molecule has 0 spiro atoms. The summed E-state index contributed by atoms with van der Waals surface area (Å²) in [5.41, 5.74) is 3.25. The maximum atomic E-state index is 6.12. The number of benzene rings is 1. The number of halogens is 1. The van der Waals surface area contributed by atoms with Crippen LogP contribution in [-0.4, -0.2) is 25.5 Å². The van der Waals surface area contributed by atoms with Gasteiger partial charge < -0.3 is 14.3 Å². The van der Waals surface area contributed by atoms with E-state index in [1.165, 1.54) is 5.56 Å². The van der Waals surface area contributed by atoms with Crippen LogP contribution in [0.3, 0.4) is 0 Å². The second-order valence-electron chi connectivity index (χ2n) is 5.89. The normalized spacial score (nSPS) is 10.3. The SMILES string of the molecule is C=CCOc1cc(CC)c(OCCCCON=C(C)C)c(CC)c1Br. The third-order valence-electron chi connectivity index (χ3n) is 3.57. The zero-order chi connectivity index (χ0) is 18.7. The minimum absolute atomic E-state index is 0.491. The van der Waals surface area contributed by atoms with Crippen LogP contribution in [-0.2, 0) is 17.7 Å². The Morgan fingerprint density at radius 3 is 2.48 bits per heavy atom. The van der Waals surface area contributed by atoms with Crippen LogP contribution in [0.25, 0.3) is 0 Å². The van der Waals surface area contributed by atoms with Crippen LogP contribution in [0.2, 0.25) is 0 Å². The summed E-state index contributed by atoms with van der Waals surface area (Å²) in [6.07, 6.45) is 5.37. The van der Waals surface area contributed by atoms with Crippen LogP contribution in [0.5, 0.6) is 11.5 Å². The lowest BCUT2D eigenvalue weighted by Gasteiger charge is -2.19. The van der Waals surface area contributed by atoms with Crippen molar-refractivity contribution in [1.82, 2.24) is 0 Å². The van der Waals surface area contributed by atoms with E-state index in [4.69, 9.17) is 14.3 Å². The molecule has 0 aliphatic rings. The quantitative estimate of drug-likeness (QED) is 0.191. The molecule has 140 valence electrons. The lowest BCUT2D eigenvalue weighted by Crippen LogP contribution is -2.06. The first-order valence-electron chi connectivity index (χ1n) is 8.88. The van der Waals surface area contributed by atoms with E-state index in [0.717, 1.165) is 52.9 Å². The van der Waals surface area contributed by atoms with Crippen LogP contribution in [0.1, 0.15) is 51.7 Å². The highest BCUT2D eigenvalue weighted by Crippen LogP contribution is 2.39. The Labute approximate surface area is 160 Å². The van der Waals surface area contributed by atoms with E-state index in [0.29, 0.717) is 19.8 Å². The molecule has 0 aromatic heterocycles. The number of oxime groups is 1. The fourth-order valence-corrected chi connectivity index (χ4v) is 3.05. The third kappa shape index (κ3) is 7.10. The Morgan fingerprint density at radius 2 is 1.88 bits per heavy atom. The molecule has 1 aromatic rings. The third-order valence-corrected chi connectivity index (χ3v) is 4.44. The van der Waals surface area contributed by atoms with Crippen LogP contribution in [0.4, 0.5) is 0 Å². The molecule has 0 radical (unpaired) electrons. The van der Waals surface area contributed by atoms with Gasteiger partial charge in [0.1, 0.15) is 24.7 Å². The van der Waals surface area contributed by atoms with Gasteiger partial charge in [-0.05, 0) is 67.1 Å². The van der Waals surface area contributed by atoms with Gasteiger partial charge >= 0.3 is 0 Å². The smallest absolute Gasteiger partial charge is 0.134 e. The van der Waals surface area contributed by atoms with E-state index in [-0.39, 0.29) is 0 Å². The molecule has 1 rings (SSSR count). The van der Waals surface area contributed by atoms with Crippen molar-refractivity contribution in [2.45, 2.75) is 53.4 Å². The molecule has 4 nitrogen and oxygen atoms in total. The van der Waals surface area contributed by atoms with Crippen LogP contribution >= 0.6 is 15.9 Å². The number of hydrogen-bond acceptors (Lipinski definition) is 4. The van der Waals surface area contributed by atoms with Gasteiger partial charge in [-0.2, -0.15) is 0 Å². The highest BCUT2D eigenvalue weighted by Gasteiger charge is 2.17. The van der Waals surface area contributed by atoms with Crippen molar-refractivity contribution >= 4 is 21.6 Å². The standard InChI is InChI=1S/C20H30BrNO3/c1-6-11-23-18-14-16(7-2)20(17(8-3)19(18)21)24-12-9-10-13-25-22-15(4)5/h6,14H,1,7-13H2,2-5H3. The maximum absolute atomic E-state index is 6.12. The second kappa shape index (κ2) is 12.0. The summed E-state index contributed by atoms with van der Waals surface area (Å²) in [6, 6.07) is 2.06. The number of rotatable bonds is 12. The summed E-state index contributed by atoms with van der Waals surface area (Å²) in [6.45, 7) is 13.6. The van der Waals surface area contributed by atoms with Crippen LogP contribution in [0, 0.1) is 0 Å². The van der Waals surface area contributed by atoms with Gasteiger partial charge in [0.15, 0.2) is 0 Å². The van der Waals surface area contributed by atoms with Crippen molar-refractivity contribution < 1.29 is 14.3 Å². The fraction of sp³-hybridized carbons (Fsp3) is 0.550. The predicted molar refractivity (Wildman–Crippen MR) is 108 cm³/mol. The van der Waals surface area contributed by atoms with Gasteiger partial charge in [-0.3, -0.25) is 0 Å². The molecular formula is C20H30BrNO3. The minimum atomic E-state index is 0.491. The highest BCUT2D eigenvalue weighted by atomic mass is 79.9. The van der Waals surface area contributed by atoms with Crippen molar-refractivity contribution in [3.63, 3.8) is 0 Å². The van der Waals surface area contributed by atoms with E-state index in [1.807, 2.05) is 13.8 Å². The van der Waals surface area contributed by atoms with Crippen molar-refractivity contribution in [3.8, 4) is 11.5 Å². The molecule has 0 saturated carbocycles. The first-order valence-corrected chi connectivity index (χ1v) is 9.68. The summed E-state index contributed by atoms with van der Waals surface area (Å²) in [7, 11) is 0. The van der Waals surface area contributed by atoms with Gasteiger partial charge in [0, 0.05) is 5.56 Å². The molecule has 0 heterocycles. The molecule has 0 aliphatic heterocycles. The van der Waals surface area contributed by atoms with E-state index in [2.05, 4.69) is 47.6 Å². The largest absolute Gasteiger partial charge is 0.493 e. The van der Waals surface area contributed by atoms with E-state index >= 15 is 0 Å². The number of nitrogens with zero attached hydrogens (tertiary/aromatic N) is 1. The average Bonchev–Trinajstić information content (AvgIpc) is 2.59. The Hall–Kier alpha value is -1.49. The summed E-state index contributed by atoms with van der Waals surface area (Å²) in [4.78, 5) is 5.21. The lowest BCUT2D eigenvalue weighted by molar-refractivity contribution is 0.135. The molecule has 1 aromatic carbocycles. The van der Waals surface area contributed by atoms with Gasteiger partial charge in [0.2, 0.25) is 0 Å². The molecule has 0 bridgehead atoms. The van der Waals surface area contributed by atoms with Gasteiger partial charge in [0.25, 0.3) is 0 Å². The molecular weight excluding hydrogens is 382 g/mol. The van der Waals surface area contributed by atoms with E-state index < -0.39 is 0 Å². The van der Waals surface area contributed by atoms with Crippen molar-refractivity contribution in [1.29, 1.82) is 0 Å². The molecule has 0 fully saturated rings. The topological polar surface area (TPSA) is 40.0 Å². The average molecular weight is 412 g/mol. The second-order valence-corrected chi connectivity index (χ2v) is 6.68. The molecule has 0 atom stereocenters. The highest BCUT2D eigenvalue weighted by molar-refractivity contribution is 9.10. The summed E-state index contributed by atoms with van der Waals surface area (Å²) in [5, 5.41) is 3.93. The monoisotopic (exact) mass is 411 g/mol. The van der Waals surface area contributed by atoms with Gasteiger partial charge in [-0.25, -0.2) is 0 Å². The number of aryl methyl sites for hydroxylation is 1. The Balaban J connectivity index is 2.72. The van der Waals surface area contributed by atoms with Crippen molar-refractivity contribution in [3.05, 3.63) is 34.3 Å². The van der Waals surface area contributed by atoms with Gasteiger partial charge in [-0.1, -0.05) is 31.7 Å². The summed E-state index contributed by atoms with van der Waals surface area (Å²) < 4.78 is 12.9. The van der Waals surface area contributed by atoms with E-state index in [1.54, 1.807) is 6.08 Å². The van der Waals surface area contributed by atoms with E-state index in [9.17, 15) is 0 Å². The molecule has 0 aliphatic carbocycles. The number of unbranched alkanes of at least 4 members (excludes halogenated alkanes) is 1. The van der Waals surface area contributed by atoms with Crippen LogP contribution < -0.4 is 9.47 Å². The van der Waals surface area contributed by atoms with Crippen LogP contribution in [0.15, 0.2) is 28.3 Å². The number of hydrogen-bond donors (Lipinski definition) is 0. The maximum Gasteiger partial charge on any atom is 0.134 e. The minimum Gasteiger partial charge on any atom is -0.493 e. The number of ether oxygens (including phenoxy) is 2. The molecule has 0 saturated heterocycles. The molecule has 5 heteroatoms. The van der Waals surface area contributed by atoms with Gasteiger partial charge in [-0.15, -0.1) is 0 Å². The fourth-order valence-electron chi connectivity index (χ4n) is 2.36. The molecule has 0 unspecified atom stereocenters. The molecule has 0 N–H and O–H groups in total.